The fraction of sp³-hybridized carbons (Fsp3) is 0.536. The lowest BCUT2D eigenvalue weighted by Gasteiger charge is -2.39. The second-order valence-corrected chi connectivity index (χ2v) is 11.9. The normalized spacial score (nSPS) is 31.5. The molecule has 0 aliphatic carbocycles. The van der Waals surface area contributed by atoms with E-state index in [0.29, 0.717) is 29.5 Å². The van der Waals surface area contributed by atoms with E-state index in [-0.39, 0.29) is 11.9 Å². The molecule has 5 rings (SSSR count). The molecule has 0 spiro atoms. The molecule has 7 atom stereocenters. The molecule has 206 valence electrons. The summed E-state index contributed by atoms with van der Waals surface area (Å²) in [6.45, 7) is 3.84. The summed E-state index contributed by atoms with van der Waals surface area (Å²) in [4.78, 5) is 14.5. The van der Waals surface area contributed by atoms with Crippen LogP contribution >= 0.6 is 23.4 Å². The van der Waals surface area contributed by atoms with Gasteiger partial charge in [0.2, 0.25) is 5.91 Å². The molecule has 8 nitrogen and oxygen atoms in total. The van der Waals surface area contributed by atoms with Crippen LogP contribution in [0.2, 0.25) is 5.02 Å². The first-order valence-electron chi connectivity index (χ1n) is 13.1. The number of ether oxygens (including phenoxy) is 2. The summed E-state index contributed by atoms with van der Waals surface area (Å²) < 4.78 is 11.8. The van der Waals surface area contributed by atoms with Crippen molar-refractivity contribution in [3.63, 3.8) is 0 Å². The highest BCUT2D eigenvalue weighted by atomic mass is 35.5. The van der Waals surface area contributed by atoms with Crippen LogP contribution in [-0.2, 0) is 16.0 Å². The monoisotopic (exact) mass is 562 g/mol. The third-order valence-corrected chi connectivity index (χ3v) is 8.97. The van der Waals surface area contributed by atoms with Crippen molar-refractivity contribution in [3.05, 3.63) is 64.2 Å². The Morgan fingerprint density at radius 1 is 1.16 bits per heavy atom. The van der Waals surface area contributed by atoms with E-state index in [2.05, 4.69) is 5.32 Å². The van der Waals surface area contributed by atoms with Gasteiger partial charge in [0, 0.05) is 29.8 Å². The Morgan fingerprint density at radius 2 is 1.95 bits per heavy atom. The number of hydrogen-bond acceptors (Lipinski definition) is 8. The topological polar surface area (TPSA) is 111 Å². The molecule has 3 aliphatic heterocycles. The zero-order valence-electron chi connectivity index (χ0n) is 21.3. The molecule has 4 N–H and O–H groups in total. The lowest BCUT2D eigenvalue weighted by atomic mass is 9.90. The van der Waals surface area contributed by atoms with Crippen LogP contribution in [0.1, 0.15) is 36.1 Å². The van der Waals surface area contributed by atoms with Gasteiger partial charge in [-0.15, -0.1) is 11.8 Å². The number of aliphatic hydroxyl groups excluding tert-OH is 3. The number of nitrogens with one attached hydrogen (secondary N) is 1. The maximum atomic E-state index is 12.6. The van der Waals surface area contributed by atoms with E-state index in [1.54, 1.807) is 30.8 Å². The molecule has 2 aromatic rings. The molecule has 3 fully saturated rings. The fourth-order valence-corrected chi connectivity index (χ4v) is 6.44. The largest absolute Gasteiger partial charge is 0.493 e. The van der Waals surface area contributed by atoms with Gasteiger partial charge in [0.1, 0.15) is 30.2 Å². The molecule has 38 heavy (non-hydrogen) atoms. The van der Waals surface area contributed by atoms with Gasteiger partial charge in [-0.25, -0.2) is 0 Å². The number of hydrogen-bond donors (Lipinski definition) is 4. The number of halogens is 1. The van der Waals surface area contributed by atoms with Gasteiger partial charge in [0.15, 0.2) is 0 Å². The van der Waals surface area contributed by atoms with Gasteiger partial charge < -0.3 is 35.0 Å². The van der Waals surface area contributed by atoms with Crippen molar-refractivity contribution in [1.82, 2.24) is 10.2 Å². The highest BCUT2D eigenvalue weighted by molar-refractivity contribution is 7.99. The molecule has 2 aromatic carbocycles. The average molecular weight is 563 g/mol. The fourth-order valence-electron chi connectivity index (χ4n) is 5.30. The predicted molar refractivity (Wildman–Crippen MR) is 146 cm³/mol. The van der Waals surface area contributed by atoms with Crippen molar-refractivity contribution in [2.75, 3.05) is 31.3 Å². The summed E-state index contributed by atoms with van der Waals surface area (Å²) in [5, 5.41) is 34.6. The highest BCUT2D eigenvalue weighted by Gasteiger charge is 2.42. The molecule has 3 saturated heterocycles. The number of rotatable bonds is 7. The smallest absolute Gasteiger partial charge is 0.240 e. The van der Waals surface area contributed by atoms with Crippen LogP contribution in [0, 0.1) is 5.92 Å². The van der Waals surface area contributed by atoms with Gasteiger partial charge >= 0.3 is 0 Å². The molecule has 1 amide bonds. The van der Waals surface area contributed by atoms with Crippen LogP contribution in [0.15, 0.2) is 42.5 Å². The number of thioether (sulfide) groups is 1. The minimum atomic E-state index is -1.29. The summed E-state index contributed by atoms with van der Waals surface area (Å²) in [7, 11) is 0. The van der Waals surface area contributed by atoms with E-state index in [1.807, 2.05) is 35.2 Å². The van der Waals surface area contributed by atoms with E-state index in [1.165, 1.54) is 0 Å². The van der Waals surface area contributed by atoms with Gasteiger partial charge in [-0.05, 0) is 54.7 Å². The first kappa shape index (κ1) is 27.7. The van der Waals surface area contributed by atoms with Crippen LogP contribution in [0.3, 0.4) is 0 Å². The van der Waals surface area contributed by atoms with Crippen molar-refractivity contribution >= 4 is 29.3 Å². The van der Waals surface area contributed by atoms with Crippen molar-refractivity contribution in [3.8, 4) is 5.75 Å². The van der Waals surface area contributed by atoms with Gasteiger partial charge in [-0.3, -0.25) is 4.79 Å². The minimum absolute atomic E-state index is 0.109. The van der Waals surface area contributed by atoms with Crippen LogP contribution in [0.5, 0.6) is 5.75 Å². The van der Waals surface area contributed by atoms with Crippen molar-refractivity contribution in [2.24, 2.45) is 5.92 Å². The molecule has 0 unspecified atom stereocenters. The predicted octanol–water partition coefficient (Wildman–Crippen LogP) is 2.36. The second kappa shape index (κ2) is 12.1. The van der Waals surface area contributed by atoms with Gasteiger partial charge in [-0.1, -0.05) is 35.9 Å². The van der Waals surface area contributed by atoms with Gasteiger partial charge in [0.05, 0.1) is 24.6 Å². The molecule has 0 radical (unpaired) electrons. The summed E-state index contributed by atoms with van der Waals surface area (Å²) in [5.41, 5.74) is 2.60. The maximum Gasteiger partial charge on any atom is 0.240 e. The Bertz CT molecular complexity index is 1120. The summed E-state index contributed by atoms with van der Waals surface area (Å²) in [6.07, 6.45) is -3.68. The summed E-state index contributed by atoms with van der Waals surface area (Å²) in [5.74, 6) is 3.09. The van der Waals surface area contributed by atoms with Crippen molar-refractivity contribution < 1.29 is 29.6 Å². The number of aliphatic hydroxyl groups is 3. The zero-order valence-corrected chi connectivity index (χ0v) is 22.9. The number of carbonyl (C=O) groups is 1. The van der Waals surface area contributed by atoms with E-state index in [0.717, 1.165) is 48.0 Å². The average Bonchev–Trinajstić information content (AvgIpc) is 3.63. The Balaban J connectivity index is 1.16. The third kappa shape index (κ3) is 6.14. The molecular weight excluding hydrogens is 528 g/mol. The van der Waals surface area contributed by atoms with E-state index in [9.17, 15) is 20.1 Å². The van der Waals surface area contributed by atoms with Gasteiger partial charge in [0.25, 0.3) is 0 Å². The molecular formula is C28H35ClN2O6S. The van der Waals surface area contributed by atoms with Crippen LogP contribution in [0.25, 0.3) is 0 Å². The van der Waals surface area contributed by atoms with Crippen molar-refractivity contribution in [2.45, 2.75) is 56.3 Å². The standard InChI is InChI=1S/C28H35ClN2O6S/c1-16-24(32)25(33)26(34)27(37-16)19-4-7-22(29)20(12-19)10-17-2-5-21(6-3-17)36-14-18-11-23(30-13-18)28(35)31-8-9-38-15-31/h2-7,12,16,18,23-27,30,32-34H,8-11,13-15H2,1H3/t16-,18+,23+,24-,25+,26-,27+/m1/s1. The van der Waals surface area contributed by atoms with E-state index in [4.69, 9.17) is 21.1 Å². The zero-order chi connectivity index (χ0) is 26.8. The lowest BCUT2D eigenvalue weighted by molar-refractivity contribution is -0.219. The maximum absolute atomic E-state index is 12.6. The molecule has 3 aliphatic rings. The Morgan fingerprint density at radius 3 is 2.68 bits per heavy atom. The quantitative estimate of drug-likeness (QED) is 0.407. The molecule has 10 heteroatoms. The Hall–Kier alpha value is -1.85. The molecule has 0 saturated carbocycles. The number of benzene rings is 2. The first-order chi connectivity index (χ1) is 18.3. The second-order valence-electron chi connectivity index (χ2n) is 10.4. The third-order valence-electron chi connectivity index (χ3n) is 7.64. The lowest BCUT2D eigenvalue weighted by Crippen LogP contribution is -2.53. The van der Waals surface area contributed by atoms with Crippen LogP contribution in [0.4, 0.5) is 0 Å². The van der Waals surface area contributed by atoms with Crippen molar-refractivity contribution in [1.29, 1.82) is 0 Å². The molecule has 3 heterocycles. The van der Waals surface area contributed by atoms with E-state index >= 15 is 0 Å². The molecule has 0 aromatic heterocycles. The Kier molecular flexibility index (Phi) is 8.84. The minimum Gasteiger partial charge on any atom is -0.493 e. The number of carbonyl (C=O) groups excluding carboxylic acids is 1. The SMILES string of the molecule is C[C@H]1O[C@@H](c2ccc(Cl)c(Cc3ccc(OC[C@@H]4CN[C@H](C(=O)N5CCSC5)C4)cc3)c2)[C@H](O)[C@@H](O)[C@@H]1O. The van der Waals surface area contributed by atoms with Crippen LogP contribution in [-0.4, -0.2) is 87.9 Å². The highest BCUT2D eigenvalue weighted by Crippen LogP contribution is 2.34. The first-order valence-corrected chi connectivity index (χ1v) is 14.6. The Labute approximate surface area is 232 Å². The van der Waals surface area contributed by atoms with Gasteiger partial charge in [-0.2, -0.15) is 0 Å². The summed E-state index contributed by atoms with van der Waals surface area (Å²) >= 11 is 8.28. The molecule has 0 bridgehead atoms. The van der Waals surface area contributed by atoms with Crippen LogP contribution < -0.4 is 10.1 Å². The van der Waals surface area contributed by atoms with E-state index < -0.39 is 30.5 Å². The number of amides is 1. The number of nitrogens with zero attached hydrogens (tertiary/aromatic N) is 1. The summed E-state index contributed by atoms with van der Waals surface area (Å²) in [6, 6.07) is 13.2.